The average molecular weight is 237 g/mol. The lowest BCUT2D eigenvalue weighted by molar-refractivity contribution is 0.592. The standard InChI is InChI=1S/C13H16FNS/c1-8(2)15-7-12-9(3)10-5-4-6-11(14)13(10)16-12/h4-6,8,15H,7H2,1-3H3. The number of hydrogen-bond acceptors (Lipinski definition) is 2. The van der Waals surface area contributed by atoms with Gasteiger partial charge in [-0.15, -0.1) is 11.3 Å². The van der Waals surface area contributed by atoms with Gasteiger partial charge >= 0.3 is 0 Å². The molecule has 2 rings (SSSR count). The molecule has 0 saturated heterocycles. The lowest BCUT2D eigenvalue weighted by atomic mass is 10.1. The van der Waals surface area contributed by atoms with E-state index in [1.807, 2.05) is 6.07 Å². The fourth-order valence-electron chi connectivity index (χ4n) is 1.72. The molecule has 0 saturated carbocycles. The van der Waals surface area contributed by atoms with Gasteiger partial charge < -0.3 is 5.32 Å². The first-order valence-corrected chi connectivity index (χ1v) is 6.31. The molecule has 1 heterocycles. The maximum Gasteiger partial charge on any atom is 0.141 e. The maximum absolute atomic E-state index is 13.6. The summed E-state index contributed by atoms with van der Waals surface area (Å²) in [4.78, 5) is 1.23. The predicted molar refractivity (Wildman–Crippen MR) is 68.5 cm³/mol. The molecule has 0 bridgehead atoms. The van der Waals surface area contributed by atoms with Crippen LogP contribution in [-0.4, -0.2) is 6.04 Å². The van der Waals surface area contributed by atoms with E-state index >= 15 is 0 Å². The summed E-state index contributed by atoms with van der Waals surface area (Å²) in [5.74, 6) is -0.110. The van der Waals surface area contributed by atoms with Gasteiger partial charge in [0.25, 0.3) is 0 Å². The molecule has 0 amide bonds. The Morgan fingerprint density at radius 2 is 2.12 bits per heavy atom. The number of nitrogens with one attached hydrogen (secondary N) is 1. The minimum atomic E-state index is -0.110. The summed E-state index contributed by atoms with van der Waals surface area (Å²) in [6, 6.07) is 5.74. The van der Waals surface area contributed by atoms with Gasteiger partial charge in [0.1, 0.15) is 5.82 Å². The third-order valence-electron chi connectivity index (χ3n) is 2.69. The molecule has 3 heteroatoms. The second kappa shape index (κ2) is 4.52. The van der Waals surface area contributed by atoms with Gasteiger partial charge in [-0.3, -0.25) is 0 Å². The maximum atomic E-state index is 13.6. The van der Waals surface area contributed by atoms with Gasteiger partial charge in [0.05, 0.1) is 4.70 Å². The van der Waals surface area contributed by atoms with Gasteiger partial charge in [-0.25, -0.2) is 4.39 Å². The Morgan fingerprint density at radius 3 is 2.75 bits per heavy atom. The van der Waals surface area contributed by atoms with Gasteiger partial charge in [-0.05, 0) is 23.9 Å². The zero-order valence-corrected chi connectivity index (χ0v) is 10.6. The third kappa shape index (κ3) is 2.11. The quantitative estimate of drug-likeness (QED) is 0.855. The zero-order valence-electron chi connectivity index (χ0n) is 9.80. The van der Waals surface area contributed by atoms with Crippen molar-refractivity contribution < 1.29 is 4.39 Å². The molecule has 1 aromatic carbocycles. The van der Waals surface area contributed by atoms with E-state index in [0.29, 0.717) is 6.04 Å². The highest BCUT2D eigenvalue weighted by molar-refractivity contribution is 7.19. The minimum Gasteiger partial charge on any atom is -0.310 e. The predicted octanol–water partition coefficient (Wildman–Crippen LogP) is 3.85. The van der Waals surface area contributed by atoms with Crippen LogP contribution in [-0.2, 0) is 6.54 Å². The first-order chi connectivity index (χ1) is 7.59. The van der Waals surface area contributed by atoms with Gasteiger partial charge in [0.15, 0.2) is 0 Å². The van der Waals surface area contributed by atoms with Crippen LogP contribution in [0.3, 0.4) is 0 Å². The number of halogens is 1. The van der Waals surface area contributed by atoms with Gasteiger partial charge in [0, 0.05) is 17.5 Å². The van der Waals surface area contributed by atoms with Crippen molar-refractivity contribution in [2.24, 2.45) is 0 Å². The summed E-state index contributed by atoms with van der Waals surface area (Å²) in [6.45, 7) is 7.12. The van der Waals surface area contributed by atoms with Crippen molar-refractivity contribution in [1.82, 2.24) is 5.32 Å². The fraction of sp³-hybridized carbons (Fsp3) is 0.385. The van der Waals surface area contributed by atoms with Gasteiger partial charge in [-0.2, -0.15) is 0 Å². The first-order valence-electron chi connectivity index (χ1n) is 5.49. The van der Waals surface area contributed by atoms with Crippen LogP contribution in [0.25, 0.3) is 10.1 Å². The van der Waals surface area contributed by atoms with Crippen LogP contribution in [0.5, 0.6) is 0 Å². The molecule has 1 aromatic heterocycles. The zero-order chi connectivity index (χ0) is 11.7. The van der Waals surface area contributed by atoms with E-state index in [1.54, 1.807) is 17.4 Å². The summed E-state index contributed by atoms with van der Waals surface area (Å²) in [6.07, 6.45) is 0. The molecule has 0 aliphatic carbocycles. The van der Waals surface area contributed by atoms with Crippen LogP contribution in [0.2, 0.25) is 0 Å². The Labute approximate surface area is 99.3 Å². The molecule has 0 aliphatic rings. The Kier molecular flexibility index (Phi) is 3.26. The van der Waals surface area contributed by atoms with E-state index in [4.69, 9.17) is 0 Å². The van der Waals surface area contributed by atoms with Crippen molar-refractivity contribution in [2.45, 2.75) is 33.4 Å². The number of benzene rings is 1. The Bertz CT molecular complexity index is 502. The second-order valence-electron chi connectivity index (χ2n) is 4.30. The lowest BCUT2D eigenvalue weighted by Crippen LogP contribution is -2.21. The van der Waals surface area contributed by atoms with Crippen LogP contribution in [0.1, 0.15) is 24.3 Å². The SMILES string of the molecule is Cc1c(CNC(C)C)sc2c(F)cccc12. The molecule has 1 nitrogen and oxygen atoms in total. The monoisotopic (exact) mass is 237 g/mol. The van der Waals surface area contributed by atoms with Crippen molar-refractivity contribution in [3.05, 3.63) is 34.5 Å². The van der Waals surface area contributed by atoms with Crippen LogP contribution in [0, 0.1) is 12.7 Å². The summed E-state index contributed by atoms with van der Waals surface area (Å²) in [5, 5.41) is 4.42. The fourth-order valence-corrected chi connectivity index (χ4v) is 2.88. The van der Waals surface area contributed by atoms with Crippen molar-refractivity contribution in [3.63, 3.8) is 0 Å². The molecule has 1 N–H and O–H groups in total. The highest BCUT2D eigenvalue weighted by Gasteiger charge is 2.11. The molecule has 86 valence electrons. The van der Waals surface area contributed by atoms with Crippen LogP contribution in [0.15, 0.2) is 18.2 Å². The molecular formula is C13H16FNS. The molecular weight excluding hydrogens is 221 g/mol. The van der Waals surface area contributed by atoms with E-state index in [2.05, 4.69) is 26.1 Å². The van der Waals surface area contributed by atoms with Crippen molar-refractivity contribution in [2.75, 3.05) is 0 Å². The largest absolute Gasteiger partial charge is 0.310 e. The molecule has 0 fully saturated rings. The number of hydrogen-bond donors (Lipinski definition) is 1. The number of rotatable bonds is 3. The normalized spacial score (nSPS) is 11.6. The number of aryl methyl sites for hydroxylation is 1. The molecule has 0 aliphatic heterocycles. The third-order valence-corrected chi connectivity index (χ3v) is 4.00. The van der Waals surface area contributed by atoms with Crippen LogP contribution < -0.4 is 5.32 Å². The molecule has 16 heavy (non-hydrogen) atoms. The molecule has 0 atom stereocenters. The molecule has 2 aromatic rings. The lowest BCUT2D eigenvalue weighted by Gasteiger charge is -2.06. The summed E-state index contributed by atoms with van der Waals surface area (Å²) >= 11 is 1.55. The Hall–Kier alpha value is -0.930. The van der Waals surface area contributed by atoms with Crippen LogP contribution in [0.4, 0.5) is 4.39 Å². The van der Waals surface area contributed by atoms with Crippen LogP contribution >= 0.6 is 11.3 Å². The van der Waals surface area contributed by atoms with Crippen molar-refractivity contribution in [1.29, 1.82) is 0 Å². The highest BCUT2D eigenvalue weighted by atomic mass is 32.1. The number of thiophene rings is 1. The summed E-state index contributed by atoms with van der Waals surface area (Å²) in [5.41, 5.74) is 1.20. The Balaban J connectivity index is 2.40. The molecule has 0 spiro atoms. The topological polar surface area (TPSA) is 12.0 Å². The second-order valence-corrected chi connectivity index (χ2v) is 5.41. The average Bonchev–Trinajstić information content (AvgIpc) is 2.55. The van der Waals surface area contributed by atoms with E-state index in [-0.39, 0.29) is 5.82 Å². The smallest absolute Gasteiger partial charge is 0.141 e. The summed E-state index contributed by atoms with van der Waals surface area (Å²) < 4.78 is 14.3. The Morgan fingerprint density at radius 1 is 1.38 bits per heavy atom. The van der Waals surface area contributed by atoms with E-state index < -0.39 is 0 Å². The van der Waals surface area contributed by atoms with E-state index in [1.165, 1.54) is 16.5 Å². The minimum absolute atomic E-state index is 0.110. The van der Waals surface area contributed by atoms with E-state index in [9.17, 15) is 4.39 Å². The summed E-state index contributed by atoms with van der Waals surface area (Å²) in [7, 11) is 0. The molecule has 0 unspecified atom stereocenters. The highest BCUT2D eigenvalue weighted by Crippen LogP contribution is 2.32. The van der Waals surface area contributed by atoms with Crippen molar-refractivity contribution >= 4 is 21.4 Å². The van der Waals surface area contributed by atoms with E-state index in [0.717, 1.165) is 16.6 Å². The van der Waals surface area contributed by atoms with Crippen molar-refractivity contribution in [3.8, 4) is 0 Å². The molecule has 0 radical (unpaired) electrons. The van der Waals surface area contributed by atoms with Gasteiger partial charge in [0.2, 0.25) is 0 Å². The van der Waals surface area contributed by atoms with Gasteiger partial charge in [-0.1, -0.05) is 26.0 Å². The first kappa shape index (κ1) is 11.6. The number of fused-ring (bicyclic) bond motifs is 1.